The van der Waals surface area contributed by atoms with E-state index in [9.17, 15) is 4.79 Å². The highest BCUT2D eigenvalue weighted by Gasteiger charge is 2.15. The number of hydrogen-bond acceptors (Lipinski definition) is 7. The highest BCUT2D eigenvalue weighted by atomic mass is 32.1. The van der Waals surface area contributed by atoms with Crippen molar-refractivity contribution in [1.29, 1.82) is 0 Å². The van der Waals surface area contributed by atoms with Crippen LogP contribution in [0, 0.1) is 6.92 Å². The fourth-order valence-electron chi connectivity index (χ4n) is 1.46. The molecule has 0 aromatic carbocycles. The lowest BCUT2D eigenvalue weighted by Crippen LogP contribution is -2.22. The van der Waals surface area contributed by atoms with E-state index in [4.69, 9.17) is 5.73 Å². The highest BCUT2D eigenvalue weighted by molar-refractivity contribution is 7.18. The van der Waals surface area contributed by atoms with E-state index in [2.05, 4.69) is 20.6 Å². The third-order valence-corrected chi connectivity index (χ3v) is 4.22. The van der Waals surface area contributed by atoms with Crippen molar-refractivity contribution in [1.82, 2.24) is 15.3 Å². The van der Waals surface area contributed by atoms with Gasteiger partial charge in [-0.25, -0.2) is 9.97 Å². The second-order valence-corrected chi connectivity index (χ2v) is 6.11. The summed E-state index contributed by atoms with van der Waals surface area (Å²) in [5, 5.41) is 7.51. The molecule has 1 amide bonds. The summed E-state index contributed by atoms with van der Waals surface area (Å²) in [5.74, 6) is 0.0594. The summed E-state index contributed by atoms with van der Waals surface area (Å²) < 4.78 is 0. The minimum absolute atomic E-state index is 0.204. The van der Waals surface area contributed by atoms with E-state index in [-0.39, 0.29) is 11.7 Å². The predicted molar refractivity (Wildman–Crippen MR) is 78.7 cm³/mol. The van der Waals surface area contributed by atoms with E-state index < -0.39 is 0 Å². The summed E-state index contributed by atoms with van der Waals surface area (Å²) >= 11 is 2.82. The van der Waals surface area contributed by atoms with Crippen LogP contribution in [0.1, 0.15) is 26.5 Å². The van der Waals surface area contributed by atoms with Crippen molar-refractivity contribution in [3.8, 4) is 0 Å². The number of aromatic nitrogens is 2. The molecule has 0 bridgehead atoms. The van der Waals surface area contributed by atoms with Gasteiger partial charge in [-0.2, -0.15) is 0 Å². The van der Waals surface area contributed by atoms with Crippen LogP contribution in [0.5, 0.6) is 0 Å². The number of aryl methyl sites for hydroxylation is 1. The van der Waals surface area contributed by atoms with Crippen LogP contribution >= 0.6 is 22.7 Å². The van der Waals surface area contributed by atoms with Gasteiger partial charge in [0.05, 0.1) is 11.6 Å². The van der Waals surface area contributed by atoms with E-state index in [1.165, 1.54) is 11.3 Å². The van der Waals surface area contributed by atoms with Crippen molar-refractivity contribution in [2.45, 2.75) is 20.4 Å². The second-order valence-electron chi connectivity index (χ2n) is 3.79. The average molecular weight is 297 g/mol. The third-order valence-electron chi connectivity index (χ3n) is 2.28. The van der Waals surface area contributed by atoms with E-state index in [0.717, 1.165) is 16.4 Å². The number of thiazole rings is 2. The van der Waals surface area contributed by atoms with Crippen LogP contribution in [0.3, 0.4) is 0 Å². The molecule has 0 aliphatic rings. The molecule has 4 N–H and O–H groups in total. The molecule has 0 saturated carbocycles. The Balaban J connectivity index is 1.99. The Bertz CT molecular complexity index is 577. The van der Waals surface area contributed by atoms with Crippen molar-refractivity contribution >= 4 is 39.5 Å². The summed E-state index contributed by atoms with van der Waals surface area (Å²) in [6, 6.07) is 0. The van der Waals surface area contributed by atoms with E-state index >= 15 is 0 Å². The maximum absolute atomic E-state index is 12.0. The lowest BCUT2D eigenvalue weighted by molar-refractivity contribution is 0.0956. The molecule has 0 fully saturated rings. The Labute approximate surface area is 119 Å². The molecule has 2 heterocycles. The predicted octanol–water partition coefficient (Wildman–Crippen LogP) is 1.85. The average Bonchev–Trinajstić information content (AvgIpc) is 2.93. The van der Waals surface area contributed by atoms with Crippen molar-refractivity contribution in [2.24, 2.45) is 0 Å². The van der Waals surface area contributed by atoms with Gasteiger partial charge < -0.3 is 16.4 Å². The summed E-state index contributed by atoms with van der Waals surface area (Å²) in [7, 11) is 0. The number of carbonyl (C=O) groups excluding carboxylic acids is 1. The first kappa shape index (κ1) is 13.8. The molecule has 0 aliphatic carbocycles. The van der Waals surface area contributed by atoms with Gasteiger partial charge in [0.2, 0.25) is 0 Å². The number of nitrogens with one attached hydrogen (secondary N) is 2. The van der Waals surface area contributed by atoms with Gasteiger partial charge in [-0.15, -0.1) is 11.3 Å². The molecule has 2 aromatic rings. The normalized spacial score (nSPS) is 10.4. The quantitative estimate of drug-likeness (QED) is 0.783. The first-order valence-corrected chi connectivity index (χ1v) is 7.43. The molecule has 2 rings (SSSR count). The van der Waals surface area contributed by atoms with Gasteiger partial charge in [-0.05, 0) is 13.8 Å². The first-order valence-electron chi connectivity index (χ1n) is 5.79. The molecule has 0 atom stereocenters. The largest absolute Gasteiger partial charge is 0.382 e. The standard InChI is InChI=1S/C11H15N5OS2/c1-3-13-11-16-9(12)8(19-11)10(17)15-5-7-4-14-6(2)18-7/h4H,3,5,12H2,1-2H3,(H,13,16)(H,15,17). The minimum atomic E-state index is -0.204. The maximum atomic E-state index is 12.0. The zero-order chi connectivity index (χ0) is 13.8. The van der Waals surface area contributed by atoms with Crippen LogP contribution in [0.2, 0.25) is 0 Å². The minimum Gasteiger partial charge on any atom is -0.382 e. The molecule has 0 unspecified atom stereocenters. The van der Waals surface area contributed by atoms with E-state index in [0.29, 0.717) is 16.6 Å². The van der Waals surface area contributed by atoms with Crippen LogP contribution in [0.15, 0.2) is 6.20 Å². The fourth-order valence-corrected chi connectivity index (χ4v) is 3.06. The number of rotatable bonds is 5. The monoisotopic (exact) mass is 297 g/mol. The number of nitrogens with zero attached hydrogens (tertiary/aromatic N) is 2. The Kier molecular flexibility index (Phi) is 4.33. The molecule has 6 nitrogen and oxygen atoms in total. The SMILES string of the molecule is CCNc1nc(N)c(C(=O)NCc2cnc(C)s2)s1. The van der Waals surface area contributed by atoms with Crippen LogP contribution in [0.4, 0.5) is 10.9 Å². The molecular weight excluding hydrogens is 282 g/mol. The van der Waals surface area contributed by atoms with Crippen molar-refractivity contribution < 1.29 is 4.79 Å². The lowest BCUT2D eigenvalue weighted by atomic mass is 10.4. The molecular formula is C11H15N5OS2. The summed E-state index contributed by atoms with van der Waals surface area (Å²) in [6.07, 6.45) is 1.76. The number of nitrogens with two attached hydrogens (primary N) is 1. The summed E-state index contributed by atoms with van der Waals surface area (Å²) in [6.45, 7) is 5.09. The lowest BCUT2D eigenvalue weighted by Gasteiger charge is -2.00. The molecule has 0 radical (unpaired) electrons. The molecule has 0 aliphatic heterocycles. The molecule has 2 aromatic heterocycles. The molecule has 19 heavy (non-hydrogen) atoms. The molecule has 0 saturated heterocycles. The Morgan fingerprint density at radius 2 is 2.26 bits per heavy atom. The second kappa shape index (κ2) is 5.98. The molecule has 8 heteroatoms. The number of amides is 1. The van der Waals surface area contributed by atoms with Gasteiger partial charge in [0.25, 0.3) is 5.91 Å². The van der Waals surface area contributed by atoms with E-state index in [1.807, 2.05) is 13.8 Å². The zero-order valence-corrected chi connectivity index (χ0v) is 12.3. The first-order chi connectivity index (χ1) is 9.10. The van der Waals surface area contributed by atoms with Crippen LogP contribution < -0.4 is 16.4 Å². The van der Waals surface area contributed by atoms with E-state index in [1.54, 1.807) is 17.5 Å². The van der Waals surface area contributed by atoms with Gasteiger partial charge >= 0.3 is 0 Å². The van der Waals surface area contributed by atoms with Crippen LogP contribution in [-0.2, 0) is 6.54 Å². The van der Waals surface area contributed by atoms with Crippen LogP contribution in [0.25, 0.3) is 0 Å². The van der Waals surface area contributed by atoms with Crippen molar-refractivity contribution in [2.75, 3.05) is 17.6 Å². The Morgan fingerprint density at radius 1 is 1.47 bits per heavy atom. The van der Waals surface area contributed by atoms with Gasteiger partial charge in [-0.1, -0.05) is 11.3 Å². The fraction of sp³-hybridized carbons (Fsp3) is 0.364. The molecule has 0 spiro atoms. The third kappa shape index (κ3) is 3.42. The van der Waals surface area contributed by atoms with Crippen molar-refractivity contribution in [3.05, 3.63) is 21.0 Å². The van der Waals surface area contributed by atoms with Crippen LogP contribution in [-0.4, -0.2) is 22.4 Å². The summed E-state index contributed by atoms with van der Waals surface area (Å²) in [4.78, 5) is 21.7. The van der Waals surface area contributed by atoms with Gasteiger partial charge in [0.15, 0.2) is 5.13 Å². The number of anilines is 2. The van der Waals surface area contributed by atoms with Gasteiger partial charge in [0, 0.05) is 17.6 Å². The Hall–Kier alpha value is -1.67. The smallest absolute Gasteiger partial charge is 0.265 e. The zero-order valence-electron chi connectivity index (χ0n) is 10.7. The number of carbonyl (C=O) groups is 1. The van der Waals surface area contributed by atoms with Gasteiger partial charge in [0.1, 0.15) is 10.7 Å². The van der Waals surface area contributed by atoms with Crippen molar-refractivity contribution in [3.63, 3.8) is 0 Å². The topological polar surface area (TPSA) is 92.9 Å². The van der Waals surface area contributed by atoms with Gasteiger partial charge in [-0.3, -0.25) is 4.79 Å². The highest BCUT2D eigenvalue weighted by Crippen LogP contribution is 2.24. The summed E-state index contributed by atoms with van der Waals surface area (Å²) in [5.41, 5.74) is 5.73. The Morgan fingerprint density at radius 3 is 2.89 bits per heavy atom. The molecule has 102 valence electrons. The number of nitrogen functional groups attached to an aromatic ring is 1. The maximum Gasteiger partial charge on any atom is 0.265 e. The number of hydrogen-bond donors (Lipinski definition) is 3.